The lowest BCUT2D eigenvalue weighted by atomic mass is 10.1. The predicted molar refractivity (Wildman–Crippen MR) is 86.2 cm³/mol. The molecule has 0 bridgehead atoms. The van der Waals surface area contributed by atoms with Gasteiger partial charge in [-0.05, 0) is 17.1 Å². The Hall–Kier alpha value is -1.83. The van der Waals surface area contributed by atoms with Gasteiger partial charge in [-0.15, -0.1) is 5.10 Å². The summed E-state index contributed by atoms with van der Waals surface area (Å²) in [6.45, 7) is 3.83. The summed E-state index contributed by atoms with van der Waals surface area (Å²) in [6.07, 6.45) is 0.0861. The largest absolute Gasteiger partial charge is 0.373 e. The Morgan fingerprint density at radius 1 is 1.30 bits per heavy atom. The first kappa shape index (κ1) is 14.7. The molecule has 0 spiro atoms. The topological polar surface area (TPSA) is 58.6 Å². The highest BCUT2D eigenvalue weighted by atomic mass is 32.1. The van der Waals surface area contributed by atoms with Crippen LogP contribution in [0.2, 0.25) is 0 Å². The monoisotopic (exact) mass is 330 g/mol. The Kier molecular flexibility index (Phi) is 4.07. The molecule has 2 aliphatic rings. The Morgan fingerprint density at radius 2 is 2.17 bits per heavy atom. The second kappa shape index (κ2) is 6.35. The van der Waals surface area contributed by atoms with Crippen LogP contribution in [-0.2, 0) is 11.3 Å². The van der Waals surface area contributed by atoms with Crippen molar-refractivity contribution in [3.05, 3.63) is 47.0 Å². The number of amides is 1. The number of nitrogens with zero attached hydrogens (tertiary/aromatic N) is 4. The van der Waals surface area contributed by atoms with Crippen molar-refractivity contribution < 1.29 is 9.53 Å². The molecule has 7 heteroatoms. The molecule has 1 aromatic carbocycles. The van der Waals surface area contributed by atoms with Crippen LogP contribution in [0.5, 0.6) is 0 Å². The van der Waals surface area contributed by atoms with Crippen molar-refractivity contribution in [1.82, 2.24) is 19.4 Å². The highest BCUT2D eigenvalue weighted by molar-refractivity contribution is 7.03. The molecule has 1 aromatic heterocycles. The molecule has 0 saturated carbocycles. The highest BCUT2D eigenvalue weighted by Crippen LogP contribution is 2.25. The van der Waals surface area contributed by atoms with Crippen LogP contribution in [0, 0.1) is 0 Å². The van der Waals surface area contributed by atoms with Gasteiger partial charge in [-0.2, -0.15) is 0 Å². The van der Waals surface area contributed by atoms with Gasteiger partial charge in [-0.1, -0.05) is 34.8 Å². The van der Waals surface area contributed by atoms with Gasteiger partial charge >= 0.3 is 0 Å². The number of hydrogen-bond donors (Lipinski definition) is 0. The van der Waals surface area contributed by atoms with E-state index in [4.69, 9.17) is 4.74 Å². The third kappa shape index (κ3) is 2.99. The molecule has 2 unspecified atom stereocenters. The standard InChI is InChI=1S/C16H18N4O2S/c21-16(13-11-23-18-17-13)20-9-14-15(10-20)22-7-6-19(14)8-12-4-2-1-3-5-12/h1-5,11,14-15H,6-10H2. The lowest BCUT2D eigenvalue weighted by molar-refractivity contribution is -0.0503. The summed E-state index contributed by atoms with van der Waals surface area (Å²) in [5.41, 5.74) is 1.73. The number of carbonyl (C=O) groups excluding carboxylic acids is 1. The van der Waals surface area contributed by atoms with Crippen LogP contribution in [-0.4, -0.2) is 63.7 Å². The number of morpholine rings is 1. The van der Waals surface area contributed by atoms with Crippen molar-refractivity contribution in [3.63, 3.8) is 0 Å². The van der Waals surface area contributed by atoms with Gasteiger partial charge in [0.15, 0.2) is 5.69 Å². The molecule has 2 aromatic rings. The van der Waals surface area contributed by atoms with E-state index in [-0.39, 0.29) is 18.1 Å². The van der Waals surface area contributed by atoms with Crippen molar-refractivity contribution in [2.75, 3.05) is 26.2 Å². The second-order valence-electron chi connectivity index (χ2n) is 5.93. The Morgan fingerprint density at radius 3 is 2.96 bits per heavy atom. The molecule has 0 aliphatic carbocycles. The summed E-state index contributed by atoms with van der Waals surface area (Å²) in [6, 6.07) is 10.7. The fraction of sp³-hybridized carbons (Fsp3) is 0.438. The minimum atomic E-state index is -0.0450. The lowest BCUT2D eigenvalue weighted by Crippen LogP contribution is -2.50. The van der Waals surface area contributed by atoms with Gasteiger partial charge in [0.1, 0.15) is 0 Å². The lowest BCUT2D eigenvalue weighted by Gasteiger charge is -2.36. The van der Waals surface area contributed by atoms with Crippen LogP contribution in [0.3, 0.4) is 0 Å². The van der Waals surface area contributed by atoms with Gasteiger partial charge in [-0.3, -0.25) is 9.69 Å². The minimum Gasteiger partial charge on any atom is -0.373 e. The maximum atomic E-state index is 12.5. The third-order valence-corrected chi connectivity index (χ3v) is 5.02. The number of aromatic nitrogens is 2. The third-order valence-electron chi connectivity index (χ3n) is 4.51. The number of likely N-dealkylation sites (tertiary alicyclic amines) is 1. The molecule has 120 valence electrons. The summed E-state index contributed by atoms with van der Waals surface area (Å²) in [4.78, 5) is 16.7. The van der Waals surface area contributed by atoms with Crippen molar-refractivity contribution >= 4 is 17.4 Å². The first-order valence-corrected chi connectivity index (χ1v) is 8.61. The van der Waals surface area contributed by atoms with E-state index in [1.54, 1.807) is 5.38 Å². The summed E-state index contributed by atoms with van der Waals surface area (Å²) in [5, 5.41) is 5.59. The van der Waals surface area contributed by atoms with E-state index in [1.807, 2.05) is 11.0 Å². The van der Waals surface area contributed by atoms with Crippen molar-refractivity contribution in [2.24, 2.45) is 0 Å². The van der Waals surface area contributed by atoms with Gasteiger partial charge in [0.25, 0.3) is 5.91 Å². The molecule has 2 fully saturated rings. The maximum absolute atomic E-state index is 12.5. The van der Waals surface area contributed by atoms with Crippen LogP contribution in [0.15, 0.2) is 35.7 Å². The number of ether oxygens (including phenoxy) is 1. The molecule has 0 N–H and O–H groups in total. The summed E-state index contributed by atoms with van der Waals surface area (Å²) in [7, 11) is 0. The summed E-state index contributed by atoms with van der Waals surface area (Å²) in [5.74, 6) is -0.0450. The van der Waals surface area contributed by atoms with Crippen LogP contribution >= 0.6 is 11.5 Å². The van der Waals surface area contributed by atoms with E-state index in [0.717, 1.165) is 13.1 Å². The predicted octanol–water partition coefficient (Wildman–Crippen LogP) is 1.26. The quantitative estimate of drug-likeness (QED) is 0.848. The van der Waals surface area contributed by atoms with Gasteiger partial charge in [0, 0.05) is 31.6 Å². The van der Waals surface area contributed by atoms with Gasteiger partial charge < -0.3 is 9.64 Å². The smallest absolute Gasteiger partial charge is 0.275 e. The first-order chi connectivity index (χ1) is 11.3. The molecule has 2 aliphatic heterocycles. The molecular weight excluding hydrogens is 312 g/mol. The molecule has 2 saturated heterocycles. The number of carbonyl (C=O) groups is 1. The van der Waals surface area contributed by atoms with E-state index in [1.165, 1.54) is 17.1 Å². The molecule has 1 amide bonds. The van der Waals surface area contributed by atoms with Crippen LogP contribution in [0.1, 0.15) is 16.1 Å². The summed E-state index contributed by atoms with van der Waals surface area (Å²) < 4.78 is 9.68. The Bertz CT molecular complexity index is 664. The van der Waals surface area contributed by atoms with E-state index in [0.29, 0.717) is 25.4 Å². The van der Waals surface area contributed by atoms with Crippen LogP contribution in [0.4, 0.5) is 0 Å². The number of fused-ring (bicyclic) bond motifs is 1. The molecule has 6 nitrogen and oxygen atoms in total. The zero-order valence-electron chi connectivity index (χ0n) is 12.7. The summed E-state index contributed by atoms with van der Waals surface area (Å²) >= 11 is 1.20. The van der Waals surface area contributed by atoms with Gasteiger partial charge in [0.05, 0.1) is 18.8 Å². The van der Waals surface area contributed by atoms with E-state index in [9.17, 15) is 4.79 Å². The van der Waals surface area contributed by atoms with Crippen molar-refractivity contribution in [2.45, 2.75) is 18.7 Å². The Balaban J connectivity index is 1.47. The average Bonchev–Trinajstić information content (AvgIpc) is 3.25. The molecule has 3 heterocycles. The second-order valence-corrected chi connectivity index (χ2v) is 6.54. The van der Waals surface area contributed by atoms with Crippen molar-refractivity contribution in [1.29, 1.82) is 0 Å². The van der Waals surface area contributed by atoms with Crippen LogP contribution in [0.25, 0.3) is 0 Å². The highest BCUT2D eigenvalue weighted by Gasteiger charge is 2.42. The van der Waals surface area contributed by atoms with E-state index >= 15 is 0 Å². The number of hydrogen-bond acceptors (Lipinski definition) is 6. The van der Waals surface area contributed by atoms with E-state index in [2.05, 4.69) is 38.8 Å². The fourth-order valence-electron chi connectivity index (χ4n) is 3.36. The molecule has 0 radical (unpaired) electrons. The van der Waals surface area contributed by atoms with Crippen LogP contribution < -0.4 is 0 Å². The van der Waals surface area contributed by atoms with Gasteiger partial charge in [-0.25, -0.2) is 0 Å². The molecule has 4 rings (SSSR count). The number of benzene rings is 1. The maximum Gasteiger partial charge on any atom is 0.275 e. The minimum absolute atomic E-state index is 0.0450. The fourth-order valence-corrected chi connectivity index (χ4v) is 3.79. The van der Waals surface area contributed by atoms with Gasteiger partial charge in [0.2, 0.25) is 0 Å². The van der Waals surface area contributed by atoms with Crippen molar-refractivity contribution in [3.8, 4) is 0 Å². The SMILES string of the molecule is O=C(c1csnn1)N1CC2OCCN(Cc3ccccc3)C2C1. The zero-order chi connectivity index (χ0) is 15.6. The average molecular weight is 330 g/mol. The molecular formula is C16H18N4O2S. The molecule has 23 heavy (non-hydrogen) atoms. The normalized spacial score (nSPS) is 24.6. The Labute approximate surface area is 138 Å². The van der Waals surface area contributed by atoms with E-state index < -0.39 is 0 Å². The first-order valence-electron chi connectivity index (χ1n) is 7.77. The zero-order valence-corrected chi connectivity index (χ0v) is 13.5. The number of rotatable bonds is 3. The molecule has 2 atom stereocenters.